The number of ether oxygens (including phenoxy) is 1. The second-order valence-corrected chi connectivity index (χ2v) is 6.69. The molecule has 8 heteroatoms. The van der Waals surface area contributed by atoms with Crippen molar-refractivity contribution in [2.75, 3.05) is 29.9 Å². The smallest absolute Gasteiger partial charge is 0.225 e. The highest BCUT2D eigenvalue weighted by Gasteiger charge is 2.25. The fraction of sp³-hybridized carbons (Fsp3) is 0.300. The van der Waals surface area contributed by atoms with E-state index in [9.17, 15) is 4.39 Å². The Morgan fingerprint density at radius 3 is 2.64 bits per heavy atom. The number of aryl methyl sites for hydroxylation is 2. The number of aromatic nitrogens is 4. The van der Waals surface area contributed by atoms with Crippen LogP contribution in [0.2, 0.25) is 0 Å². The first-order valence-electron chi connectivity index (χ1n) is 9.11. The van der Waals surface area contributed by atoms with Crippen LogP contribution in [0.15, 0.2) is 42.6 Å². The van der Waals surface area contributed by atoms with Gasteiger partial charge in [-0.1, -0.05) is 6.07 Å². The molecule has 0 bridgehead atoms. The fourth-order valence-electron chi connectivity index (χ4n) is 3.14. The zero-order chi connectivity index (χ0) is 19.5. The number of hydrogen-bond donors (Lipinski definition) is 1. The number of morpholine rings is 1. The predicted molar refractivity (Wildman–Crippen MR) is 104 cm³/mol. The van der Waals surface area contributed by atoms with E-state index in [4.69, 9.17) is 4.74 Å². The molecule has 0 amide bonds. The van der Waals surface area contributed by atoms with E-state index in [2.05, 4.69) is 30.2 Å². The molecule has 144 valence electrons. The van der Waals surface area contributed by atoms with Crippen molar-refractivity contribution in [1.82, 2.24) is 19.9 Å². The second-order valence-electron chi connectivity index (χ2n) is 6.69. The second kappa shape index (κ2) is 7.85. The molecule has 1 saturated heterocycles. The van der Waals surface area contributed by atoms with Crippen LogP contribution in [0.4, 0.5) is 22.0 Å². The lowest BCUT2D eigenvalue weighted by atomic mass is 10.2. The Balaban J connectivity index is 1.51. The maximum Gasteiger partial charge on any atom is 0.225 e. The Kier molecular flexibility index (Phi) is 5.12. The van der Waals surface area contributed by atoms with E-state index in [1.54, 1.807) is 6.07 Å². The van der Waals surface area contributed by atoms with Crippen LogP contribution in [-0.2, 0) is 4.74 Å². The van der Waals surface area contributed by atoms with E-state index in [-0.39, 0.29) is 11.9 Å². The summed E-state index contributed by atoms with van der Waals surface area (Å²) in [5.74, 6) is 1.49. The number of pyridine rings is 2. The molecule has 28 heavy (non-hydrogen) atoms. The van der Waals surface area contributed by atoms with Gasteiger partial charge in [0.2, 0.25) is 5.95 Å². The van der Waals surface area contributed by atoms with Crippen molar-refractivity contribution in [2.45, 2.75) is 20.0 Å². The summed E-state index contributed by atoms with van der Waals surface area (Å²) in [6, 6.07) is 10.6. The van der Waals surface area contributed by atoms with Crippen molar-refractivity contribution >= 4 is 17.6 Å². The van der Waals surface area contributed by atoms with E-state index in [1.807, 2.05) is 38.1 Å². The minimum Gasteiger partial charge on any atom is -0.368 e. The maximum absolute atomic E-state index is 13.0. The molecule has 3 aromatic heterocycles. The molecule has 0 saturated carbocycles. The van der Waals surface area contributed by atoms with E-state index in [1.165, 1.54) is 6.07 Å². The highest BCUT2D eigenvalue weighted by Crippen LogP contribution is 2.25. The third-order valence-corrected chi connectivity index (χ3v) is 4.40. The molecule has 0 aliphatic carbocycles. The Hall–Kier alpha value is -3.13. The number of anilines is 3. The van der Waals surface area contributed by atoms with Crippen molar-refractivity contribution in [2.24, 2.45) is 0 Å². The summed E-state index contributed by atoms with van der Waals surface area (Å²) in [6.45, 7) is 5.86. The molecule has 3 aromatic rings. The quantitative estimate of drug-likeness (QED) is 0.744. The minimum absolute atomic E-state index is 0.193. The standard InChI is InChI=1S/C20H21FN6O/c1-13-10-14(2)24-20(23-13)27-8-9-28-17(12-27)16-4-3-5-19(25-16)26-18-7-6-15(21)11-22-18/h3-7,10-11,17H,8-9,12H2,1-2H3,(H,22,25,26)/t17-/m1/s1. The third-order valence-electron chi connectivity index (χ3n) is 4.40. The topological polar surface area (TPSA) is 76.1 Å². The van der Waals surface area contributed by atoms with Gasteiger partial charge in [-0.3, -0.25) is 0 Å². The van der Waals surface area contributed by atoms with Crippen molar-refractivity contribution in [3.63, 3.8) is 0 Å². The van der Waals surface area contributed by atoms with Crippen LogP contribution in [-0.4, -0.2) is 39.6 Å². The average molecular weight is 380 g/mol. The molecule has 1 aliphatic rings. The fourth-order valence-corrected chi connectivity index (χ4v) is 3.14. The number of hydrogen-bond acceptors (Lipinski definition) is 7. The van der Waals surface area contributed by atoms with Gasteiger partial charge in [0.15, 0.2) is 0 Å². The number of rotatable bonds is 4. The monoisotopic (exact) mass is 380 g/mol. The van der Waals surface area contributed by atoms with E-state index in [0.29, 0.717) is 24.8 Å². The van der Waals surface area contributed by atoms with Gasteiger partial charge in [-0.05, 0) is 44.2 Å². The van der Waals surface area contributed by atoms with Gasteiger partial charge in [0, 0.05) is 17.9 Å². The molecule has 7 nitrogen and oxygen atoms in total. The summed E-state index contributed by atoms with van der Waals surface area (Å²) in [6.07, 6.45) is 0.971. The van der Waals surface area contributed by atoms with E-state index in [0.717, 1.165) is 35.8 Å². The van der Waals surface area contributed by atoms with Crippen molar-refractivity contribution in [3.8, 4) is 0 Å². The number of nitrogens with one attached hydrogen (secondary N) is 1. The zero-order valence-electron chi connectivity index (χ0n) is 15.8. The summed E-state index contributed by atoms with van der Waals surface area (Å²) in [5, 5.41) is 3.09. The summed E-state index contributed by atoms with van der Waals surface area (Å²) in [5.41, 5.74) is 2.70. The molecule has 0 radical (unpaired) electrons. The first-order valence-corrected chi connectivity index (χ1v) is 9.11. The Bertz CT molecular complexity index is 945. The Morgan fingerprint density at radius 2 is 1.89 bits per heavy atom. The molecule has 1 atom stereocenters. The third kappa shape index (κ3) is 4.23. The molecule has 0 spiro atoms. The minimum atomic E-state index is -0.378. The number of halogens is 1. The lowest BCUT2D eigenvalue weighted by molar-refractivity contribution is 0.0365. The number of nitrogens with zero attached hydrogens (tertiary/aromatic N) is 5. The Labute approximate surface area is 162 Å². The maximum atomic E-state index is 13.0. The summed E-state index contributed by atoms with van der Waals surface area (Å²) < 4.78 is 19.0. The molecular weight excluding hydrogens is 359 g/mol. The van der Waals surface area contributed by atoms with E-state index >= 15 is 0 Å². The highest BCUT2D eigenvalue weighted by molar-refractivity contribution is 5.51. The van der Waals surface area contributed by atoms with Gasteiger partial charge >= 0.3 is 0 Å². The summed E-state index contributed by atoms with van der Waals surface area (Å²) in [4.78, 5) is 19.9. The average Bonchev–Trinajstić information content (AvgIpc) is 2.69. The molecule has 1 N–H and O–H groups in total. The first kappa shape index (κ1) is 18.2. The van der Waals surface area contributed by atoms with Crippen LogP contribution in [0.3, 0.4) is 0 Å². The van der Waals surface area contributed by atoms with Gasteiger partial charge in [0.1, 0.15) is 23.6 Å². The van der Waals surface area contributed by atoms with Crippen molar-refractivity contribution < 1.29 is 9.13 Å². The predicted octanol–water partition coefficient (Wildman–Crippen LogP) is 3.34. The molecule has 1 fully saturated rings. The van der Waals surface area contributed by atoms with Crippen LogP contribution >= 0.6 is 0 Å². The molecular formula is C20H21FN6O. The lowest BCUT2D eigenvalue weighted by Gasteiger charge is -2.33. The van der Waals surface area contributed by atoms with Crippen LogP contribution in [0.1, 0.15) is 23.2 Å². The van der Waals surface area contributed by atoms with Crippen LogP contribution in [0.25, 0.3) is 0 Å². The van der Waals surface area contributed by atoms with Crippen molar-refractivity contribution in [3.05, 3.63) is 65.5 Å². The van der Waals surface area contributed by atoms with Gasteiger partial charge < -0.3 is 15.0 Å². The molecule has 4 rings (SSSR count). The van der Waals surface area contributed by atoms with Gasteiger partial charge in [0.25, 0.3) is 0 Å². The zero-order valence-corrected chi connectivity index (χ0v) is 15.8. The molecule has 1 aliphatic heterocycles. The van der Waals surface area contributed by atoms with Crippen LogP contribution in [0, 0.1) is 19.7 Å². The van der Waals surface area contributed by atoms with Crippen molar-refractivity contribution in [1.29, 1.82) is 0 Å². The SMILES string of the molecule is Cc1cc(C)nc(N2CCO[C@@H](c3cccc(Nc4ccc(F)cn4)n3)C2)n1. The molecule has 0 aromatic carbocycles. The van der Waals surface area contributed by atoms with Gasteiger partial charge in [-0.25, -0.2) is 24.3 Å². The van der Waals surface area contributed by atoms with E-state index < -0.39 is 0 Å². The highest BCUT2D eigenvalue weighted by atomic mass is 19.1. The van der Waals surface area contributed by atoms with Gasteiger partial charge in [-0.2, -0.15) is 0 Å². The summed E-state index contributed by atoms with van der Waals surface area (Å²) in [7, 11) is 0. The summed E-state index contributed by atoms with van der Waals surface area (Å²) >= 11 is 0. The first-order chi connectivity index (χ1) is 13.6. The van der Waals surface area contributed by atoms with Gasteiger partial charge in [0.05, 0.1) is 25.0 Å². The largest absolute Gasteiger partial charge is 0.368 e. The van der Waals surface area contributed by atoms with Gasteiger partial charge in [-0.15, -0.1) is 0 Å². The Morgan fingerprint density at radius 1 is 1.07 bits per heavy atom. The van der Waals surface area contributed by atoms with Crippen LogP contribution in [0.5, 0.6) is 0 Å². The van der Waals surface area contributed by atoms with Crippen LogP contribution < -0.4 is 10.2 Å². The normalized spacial score (nSPS) is 16.8. The molecule has 0 unspecified atom stereocenters. The lowest BCUT2D eigenvalue weighted by Crippen LogP contribution is -2.39. The molecule has 4 heterocycles.